The van der Waals surface area contributed by atoms with Crippen LogP contribution >= 0.6 is 11.6 Å². The highest BCUT2D eigenvalue weighted by Gasteiger charge is 2.43. The van der Waals surface area contributed by atoms with Crippen LogP contribution in [0, 0.1) is 5.92 Å². The summed E-state index contributed by atoms with van der Waals surface area (Å²) in [5, 5.41) is 6.78. The molecular weight excluding hydrogens is 434 g/mol. The second-order valence-corrected chi connectivity index (χ2v) is 7.89. The van der Waals surface area contributed by atoms with Gasteiger partial charge in [-0.3, -0.25) is 9.79 Å². The van der Waals surface area contributed by atoms with Gasteiger partial charge in [-0.2, -0.15) is 0 Å². The van der Waals surface area contributed by atoms with Gasteiger partial charge in [-0.1, -0.05) is 34.9 Å². The third kappa shape index (κ3) is 6.32. The molecule has 0 bridgehead atoms. The maximum absolute atomic E-state index is 13.2. The number of azide groups is 1. The van der Waals surface area contributed by atoms with Crippen molar-refractivity contribution in [2.45, 2.75) is 39.7 Å². The fourth-order valence-corrected chi connectivity index (χ4v) is 3.84. The molecule has 0 spiro atoms. The molecule has 0 fully saturated rings. The molecular formula is C22H28ClN5O4. The molecule has 2 atom stereocenters. The average molecular weight is 462 g/mol. The Hall–Kier alpha value is -2.87. The van der Waals surface area contributed by atoms with E-state index < -0.39 is 17.8 Å². The van der Waals surface area contributed by atoms with Gasteiger partial charge in [0.05, 0.1) is 37.0 Å². The quantitative estimate of drug-likeness (QED) is 0.184. The first-order valence-electron chi connectivity index (χ1n) is 10.4. The molecule has 0 aliphatic carbocycles. The minimum absolute atomic E-state index is 0.00803. The zero-order chi connectivity index (χ0) is 23.7. The van der Waals surface area contributed by atoms with Crippen LogP contribution in [0.3, 0.4) is 0 Å². The van der Waals surface area contributed by atoms with Crippen molar-refractivity contribution in [1.82, 2.24) is 5.32 Å². The van der Waals surface area contributed by atoms with E-state index in [1.54, 1.807) is 38.1 Å². The number of benzene rings is 1. The molecule has 2 rings (SSSR count). The van der Waals surface area contributed by atoms with Gasteiger partial charge in [-0.05, 0) is 44.9 Å². The number of hydrogen-bond donors (Lipinski definition) is 1. The number of esters is 1. The number of nitrogens with zero attached hydrogens (tertiary/aromatic N) is 4. The monoisotopic (exact) mass is 461 g/mol. The van der Waals surface area contributed by atoms with E-state index in [4.69, 9.17) is 26.6 Å². The van der Waals surface area contributed by atoms with E-state index >= 15 is 0 Å². The molecule has 1 aliphatic rings. The molecule has 172 valence electrons. The summed E-state index contributed by atoms with van der Waals surface area (Å²) in [7, 11) is 0. The highest BCUT2D eigenvalue weighted by atomic mass is 35.5. The highest BCUT2D eigenvalue weighted by Crippen LogP contribution is 2.42. The summed E-state index contributed by atoms with van der Waals surface area (Å²) in [5.74, 6) is -2.28. The fraction of sp³-hybridized carbons (Fsp3) is 0.500. The van der Waals surface area contributed by atoms with Gasteiger partial charge >= 0.3 is 5.97 Å². The minimum atomic E-state index is -0.747. The van der Waals surface area contributed by atoms with Crippen LogP contribution in [0.1, 0.15) is 39.2 Å². The van der Waals surface area contributed by atoms with Crippen LogP contribution in [-0.4, -0.2) is 50.0 Å². The summed E-state index contributed by atoms with van der Waals surface area (Å²) in [6.45, 7) is 7.64. The molecule has 0 saturated carbocycles. The average Bonchev–Trinajstić information content (AvgIpc) is 2.73. The Bertz CT molecular complexity index is 953. The Kier molecular flexibility index (Phi) is 9.71. The molecule has 2 unspecified atom stereocenters. The first-order valence-corrected chi connectivity index (χ1v) is 10.8. The summed E-state index contributed by atoms with van der Waals surface area (Å²) in [4.78, 5) is 33.5. The number of aliphatic imine (C=N–C) groups is 1. The number of nitrogens with one attached hydrogen (secondary N) is 1. The standard InChI is InChI=1S/C22H28ClN5O4/c1-5-32-22(30)20-17(12-31-11-10-25-28-24)27-14(4)18(21(29)26-13(2)3)19(20)15-8-6-7-9-16(15)23/h6-9,13,18-19H,5,10-12H2,1-4H3,(H,26,29). The Morgan fingerprint density at radius 3 is 2.69 bits per heavy atom. The van der Waals surface area contributed by atoms with Gasteiger partial charge in [0.15, 0.2) is 0 Å². The Balaban J connectivity index is 2.60. The summed E-state index contributed by atoms with van der Waals surface area (Å²) in [5.41, 5.74) is 10.2. The number of ether oxygens (including phenoxy) is 2. The molecule has 0 aromatic heterocycles. The molecule has 32 heavy (non-hydrogen) atoms. The van der Waals surface area contributed by atoms with Gasteiger partial charge in [0.1, 0.15) is 0 Å². The number of carbonyl (C=O) groups is 2. The van der Waals surface area contributed by atoms with E-state index in [1.165, 1.54) is 0 Å². The number of carbonyl (C=O) groups excluding carboxylic acids is 2. The lowest BCUT2D eigenvalue weighted by atomic mass is 9.75. The van der Waals surface area contributed by atoms with E-state index in [2.05, 4.69) is 20.3 Å². The van der Waals surface area contributed by atoms with Crippen LogP contribution in [-0.2, 0) is 19.1 Å². The SMILES string of the molecule is CCOC(=O)C1=C(COCCN=[N+]=[N-])N=C(C)C(C(=O)NC(C)C)C1c1ccccc1Cl. The zero-order valence-electron chi connectivity index (χ0n) is 18.7. The molecule has 1 aromatic carbocycles. The molecule has 1 heterocycles. The van der Waals surface area contributed by atoms with Crippen LogP contribution in [0.2, 0.25) is 5.02 Å². The van der Waals surface area contributed by atoms with Gasteiger partial charge in [0, 0.05) is 34.2 Å². The summed E-state index contributed by atoms with van der Waals surface area (Å²) in [6.07, 6.45) is 0. The van der Waals surface area contributed by atoms with Gasteiger partial charge in [0.25, 0.3) is 0 Å². The van der Waals surface area contributed by atoms with Gasteiger partial charge < -0.3 is 14.8 Å². The maximum Gasteiger partial charge on any atom is 0.336 e. The number of amides is 1. The minimum Gasteiger partial charge on any atom is -0.463 e. The highest BCUT2D eigenvalue weighted by molar-refractivity contribution is 6.31. The molecule has 1 aromatic rings. The van der Waals surface area contributed by atoms with Crippen molar-refractivity contribution in [3.63, 3.8) is 0 Å². The first kappa shape index (κ1) is 25.4. The Morgan fingerprint density at radius 2 is 2.06 bits per heavy atom. The first-order chi connectivity index (χ1) is 15.3. The van der Waals surface area contributed by atoms with Gasteiger partial charge in [0.2, 0.25) is 5.91 Å². The normalized spacial score (nSPS) is 18.1. The van der Waals surface area contributed by atoms with Crippen LogP contribution in [0.15, 0.2) is 45.6 Å². The molecule has 10 heteroatoms. The van der Waals surface area contributed by atoms with Crippen molar-refractivity contribution in [3.05, 3.63) is 56.6 Å². The lowest BCUT2D eigenvalue weighted by Crippen LogP contribution is -2.44. The van der Waals surface area contributed by atoms with Crippen molar-refractivity contribution in [2.75, 3.05) is 26.4 Å². The van der Waals surface area contributed by atoms with Crippen molar-refractivity contribution in [3.8, 4) is 0 Å². The van der Waals surface area contributed by atoms with Crippen LogP contribution < -0.4 is 5.32 Å². The van der Waals surface area contributed by atoms with E-state index in [-0.39, 0.29) is 43.9 Å². The van der Waals surface area contributed by atoms with Crippen molar-refractivity contribution in [1.29, 1.82) is 0 Å². The second-order valence-electron chi connectivity index (χ2n) is 7.48. The lowest BCUT2D eigenvalue weighted by Gasteiger charge is -2.33. The van der Waals surface area contributed by atoms with E-state index in [0.29, 0.717) is 22.0 Å². The van der Waals surface area contributed by atoms with Gasteiger partial charge in [-0.25, -0.2) is 4.79 Å². The predicted molar refractivity (Wildman–Crippen MR) is 123 cm³/mol. The van der Waals surface area contributed by atoms with Crippen LogP contribution in [0.4, 0.5) is 0 Å². The van der Waals surface area contributed by atoms with Crippen molar-refractivity contribution in [2.24, 2.45) is 16.0 Å². The Labute approximate surface area is 192 Å². The third-order valence-electron chi connectivity index (χ3n) is 4.80. The predicted octanol–water partition coefficient (Wildman–Crippen LogP) is 4.18. The molecule has 1 amide bonds. The number of halogens is 1. The Morgan fingerprint density at radius 1 is 1.34 bits per heavy atom. The summed E-state index contributed by atoms with van der Waals surface area (Å²) >= 11 is 6.51. The zero-order valence-corrected chi connectivity index (χ0v) is 19.4. The number of rotatable bonds is 10. The lowest BCUT2D eigenvalue weighted by molar-refractivity contribution is -0.139. The molecule has 0 saturated heterocycles. The number of hydrogen-bond acceptors (Lipinski definition) is 6. The summed E-state index contributed by atoms with van der Waals surface area (Å²) in [6, 6.07) is 7.00. The van der Waals surface area contributed by atoms with Crippen molar-refractivity contribution >= 4 is 29.2 Å². The fourth-order valence-electron chi connectivity index (χ4n) is 3.59. The van der Waals surface area contributed by atoms with Crippen LogP contribution in [0.25, 0.3) is 10.4 Å². The summed E-state index contributed by atoms with van der Waals surface area (Å²) < 4.78 is 10.9. The largest absolute Gasteiger partial charge is 0.463 e. The molecule has 1 aliphatic heterocycles. The smallest absolute Gasteiger partial charge is 0.336 e. The topological polar surface area (TPSA) is 126 Å². The van der Waals surface area contributed by atoms with Gasteiger partial charge in [-0.15, -0.1) is 0 Å². The third-order valence-corrected chi connectivity index (χ3v) is 5.15. The van der Waals surface area contributed by atoms with E-state index in [0.717, 1.165) is 0 Å². The van der Waals surface area contributed by atoms with Crippen LogP contribution in [0.5, 0.6) is 0 Å². The van der Waals surface area contributed by atoms with Crippen molar-refractivity contribution < 1.29 is 19.1 Å². The molecule has 0 radical (unpaired) electrons. The van der Waals surface area contributed by atoms with E-state index in [9.17, 15) is 9.59 Å². The second kappa shape index (κ2) is 12.2. The molecule has 9 nitrogen and oxygen atoms in total. The van der Waals surface area contributed by atoms with E-state index in [1.807, 2.05) is 13.8 Å². The maximum atomic E-state index is 13.2. The molecule has 1 N–H and O–H groups in total.